The van der Waals surface area contributed by atoms with Crippen molar-refractivity contribution in [1.29, 1.82) is 0 Å². The molecular formula is C14H15N3OS. The van der Waals surface area contributed by atoms with Crippen LogP contribution in [0.5, 0.6) is 5.75 Å². The molecule has 4 nitrogen and oxygen atoms in total. The predicted molar refractivity (Wildman–Crippen MR) is 77.6 cm³/mol. The molecule has 0 aliphatic heterocycles. The lowest BCUT2D eigenvalue weighted by Gasteiger charge is -2.07. The Morgan fingerprint density at radius 1 is 1.26 bits per heavy atom. The van der Waals surface area contributed by atoms with E-state index >= 15 is 0 Å². The second kappa shape index (κ2) is 5.86. The highest BCUT2D eigenvalue weighted by Crippen LogP contribution is 2.23. The summed E-state index contributed by atoms with van der Waals surface area (Å²) in [6.45, 7) is 2.37. The van der Waals surface area contributed by atoms with Crippen molar-refractivity contribution >= 4 is 22.2 Å². The van der Waals surface area contributed by atoms with Gasteiger partial charge in [-0.15, -0.1) is 11.3 Å². The Hall–Kier alpha value is -1.85. The third-order valence-corrected chi connectivity index (χ3v) is 3.74. The van der Waals surface area contributed by atoms with Gasteiger partial charge in [-0.2, -0.15) is 5.10 Å². The van der Waals surface area contributed by atoms with Gasteiger partial charge < -0.3 is 10.1 Å². The topological polar surface area (TPSA) is 49.9 Å². The average molecular weight is 273 g/mol. The average Bonchev–Trinajstić information content (AvgIpc) is 3.09. The molecule has 0 saturated heterocycles. The Balaban J connectivity index is 1.48. The molecule has 0 bridgehead atoms. The van der Waals surface area contributed by atoms with Gasteiger partial charge in [0.1, 0.15) is 12.4 Å². The largest absolute Gasteiger partial charge is 0.491 e. The van der Waals surface area contributed by atoms with Gasteiger partial charge in [0.05, 0.1) is 17.1 Å². The van der Waals surface area contributed by atoms with E-state index in [4.69, 9.17) is 4.74 Å². The molecule has 0 radical (unpaired) electrons. The van der Waals surface area contributed by atoms with Crippen LogP contribution in [-0.4, -0.2) is 23.3 Å². The van der Waals surface area contributed by atoms with Crippen LogP contribution in [-0.2, 0) is 6.54 Å². The molecular weight excluding hydrogens is 258 g/mol. The Labute approximate surface area is 115 Å². The summed E-state index contributed by atoms with van der Waals surface area (Å²) in [7, 11) is 0. The normalized spacial score (nSPS) is 10.9. The number of aromatic amines is 1. The summed E-state index contributed by atoms with van der Waals surface area (Å²) < 4.78 is 5.78. The number of benzene rings is 1. The van der Waals surface area contributed by atoms with E-state index in [0.717, 1.165) is 29.7 Å². The molecule has 19 heavy (non-hydrogen) atoms. The number of fused-ring (bicyclic) bond motifs is 1. The number of hydrogen-bond acceptors (Lipinski definition) is 4. The van der Waals surface area contributed by atoms with E-state index in [-0.39, 0.29) is 0 Å². The summed E-state index contributed by atoms with van der Waals surface area (Å²) in [5, 5.41) is 13.4. The zero-order valence-corrected chi connectivity index (χ0v) is 11.2. The maximum atomic E-state index is 5.78. The van der Waals surface area contributed by atoms with Gasteiger partial charge in [0.25, 0.3) is 0 Å². The van der Waals surface area contributed by atoms with Crippen molar-refractivity contribution in [1.82, 2.24) is 15.5 Å². The lowest BCUT2D eigenvalue weighted by Crippen LogP contribution is -2.20. The van der Waals surface area contributed by atoms with Crippen LogP contribution >= 0.6 is 11.3 Å². The second-order valence-electron chi connectivity index (χ2n) is 4.19. The fraction of sp³-hybridized carbons (Fsp3) is 0.214. The summed E-state index contributed by atoms with van der Waals surface area (Å²) in [4.78, 5) is 1.34. The lowest BCUT2D eigenvalue weighted by molar-refractivity contribution is 0.317. The van der Waals surface area contributed by atoms with E-state index < -0.39 is 0 Å². The highest BCUT2D eigenvalue weighted by atomic mass is 32.1. The van der Waals surface area contributed by atoms with Crippen molar-refractivity contribution in [3.63, 3.8) is 0 Å². The van der Waals surface area contributed by atoms with Crippen LogP contribution < -0.4 is 10.1 Å². The van der Waals surface area contributed by atoms with E-state index in [1.807, 2.05) is 18.2 Å². The Bertz CT molecular complexity index is 633. The van der Waals surface area contributed by atoms with E-state index in [1.165, 1.54) is 4.88 Å². The number of thiophene rings is 1. The molecule has 2 heterocycles. The third kappa shape index (κ3) is 2.94. The molecule has 3 rings (SSSR count). The molecule has 98 valence electrons. The minimum atomic E-state index is 0.648. The SMILES string of the molecule is c1csc(CNCCOc2cccc3[nH]ncc23)c1. The molecule has 3 aromatic rings. The Morgan fingerprint density at radius 2 is 2.26 bits per heavy atom. The van der Waals surface area contributed by atoms with Gasteiger partial charge in [0, 0.05) is 18.0 Å². The monoisotopic (exact) mass is 273 g/mol. The first-order valence-corrected chi connectivity index (χ1v) is 7.09. The van der Waals surface area contributed by atoms with Crippen LogP contribution in [0, 0.1) is 0 Å². The number of nitrogens with zero attached hydrogens (tertiary/aromatic N) is 1. The fourth-order valence-electron chi connectivity index (χ4n) is 1.92. The van der Waals surface area contributed by atoms with Crippen molar-refractivity contribution < 1.29 is 4.74 Å². The Morgan fingerprint density at radius 3 is 3.16 bits per heavy atom. The molecule has 0 atom stereocenters. The highest BCUT2D eigenvalue weighted by molar-refractivity contribution is 7.09. The number of aromatic nitrogens is 2. The smallest absolute Gasteiger partial charge is 0.130 e. The summed E-state index contributed by atoms with van der Waals surface area (Å²) in [6.07, 6.45) is 1.80. The van der Waals surface area contributed by atoms with Crippen LogP contribution in [0.2, 0.25) is 0 Å². The first-order valence-electron chi connectivity index (χ1n) is 6.21. The van der Waals surface area contributed by atoms with Crippen molar-refractivity contribution in [2.45, 2.75) is 6.54 Å². The van der Waals surface area contributed by atoms with Crippen LogP contribution in [0.25, 0.3) is 10.9 Å². The fourth-order valence-corrected chi connectivity index (χ4v) is 2.60. The number of H-pyrrole nitrogens is 1. The zero-order chi connectivity index (χ0) is 12.9. The quantitative estimate of drug-likeness (QED) is 0.679. The van der Waals surface area contributed by atoms with Crippen molar-refractivity contribution in [3.05, 3.63) is 46.8 Å². The van der Waals surface area contributed by atoms with Gasteiger partial charge in [-0.05, 0) is 23.6 Å². The number of nitrogens with one attached hydrogen (secondary N) is 2. The lowest BCUT2D eigenvalue weighted by atomic mass is 10.2. The van der Waals surface area contributed by atoms with Crippen LogP contribution in [0.1, 0.15) is 4.88 Å². The van der Waals surface area contributed by atoms with Crippen LogP contribution in [0.15, 0.2) is 41.9 Å². The highest BCUT2D eigenvalue weighted by Gasteiger charge is 2.02. The number of rotatable bonds is 6. The summed E-state index contributed by atoms with van der Waals surface area (Å²) >= 11 is 1.76. The second-order valence-corrected chi connectivity index (χ2v) is 5.22. The maximum Gasteiger partial charge on any atom is 0.130 e. The molecule has 0 spiro atoms. The molecule has 0 amide bonds. The van der Waals surface area contributed by atoms with Gasteiger partial charge in [-0.3, -0.25) is 5.10 Å². The van der Waals surface area contributed by atoms with E-state index in [2.05, 4.69) is 33.0 Å². The van der Waals surface area contributed by atoms with Gasteiger partial charge in [0.15, 0.2) is 0 Å². The van der Waals surface area contributed by atoms with Gasteiger partial charge in [-0.25, -0.2) is 0 Å². The molecule has 0 fully saturated rings. The van der Waals surface area contributed by atoms with Crippen molar-refractivity contribution in [3.8, 4) is 5.75 Å². The minimum absolute atomic E-state index is 0.648. The van der Waals surface area contributed by atoms with Gasteiger partial charge >= 0.3 is 0 Å². The minimum Gasteiger partial charge on any atom is -0.491 e. The summed E-state index contributed by atoms with van der Waals surface area (Å²) in [5.74, 6) is 0.879. The molecule has 0 unspecified atom stereocenters. The molecule has 5 heteroatoms. The summed E-state index contributed by atoms with van der Waals surface area (Å²) in [5.41, 5.74) is 1.00. The molecule has 1 aromatic carbocycles. The van der Waals surface area contributed by atoms with Crippen molar-refractivity contribution in [2.75, 3.05) is 13.2 Å². The van der Waals surface area contributed by atoms with E-state index in [1.54, 1.807) is 17.5 Å². The third-order valence-electron chi connectivity index (χ3n) is 2.86. The summed E-state index contributed by atoms with van der Waals surface area (Å²) in [6, 6.07) is 10.1. The van der Waals surface area contributed by atoms with E-state index in [0.29, 0.717) is 6.61 Å². The molecule has 0 aliphatic carbocycles. The molecule has 2 aromatic heterocycles. The standard InChI is InChI=1S/C14H15N3OS/c1-4-13-12(10-16-17-13)14(5-1)18-7-6-15-9-11-3-2-8-19-11/h1-5,8,10,15H,6-7,9H2,(H,16,17). The van der Waals surface area contributed by atoms with Gasteiger partial charge in [0.2, 0.25) is 0 Å². The number of hydrogen-bond donors (Lipinski definition) is 2. The van der Waals surface area contributed by atoms with Gasteiger partial charge in [-0.1, -0.05) is 12.1 Å². The maximum absolute atomic E-state index is 5.78. The molecule has 0 aliphatic rings. The first-order chi connectivity index (χ1) is 9.43. The predicted octanol–water partition coefficient (Wildman–Crippen LogP) is 2.79. The zero-order valence-electron chi connectivity index (χ0n) is 10.4. The van der Waals surface area contributed by atoms with Crippen LogP contribution in [0.3, 0.4) is 0 Å². The molecule has 0 saturated carbocycles. The number of ether oxygens (including phenoxy) is 1. The first kappa shape index (κ1) is 12.2. The van der Waals surface area contributed by atoms with E-state index in [9.17, 15) is 0 Å². The van der Waals surface area contributed by atoms with Crippen molar-refractivity contribution in [2.24, 2.45) is 0 Å². The molecule has 2 N–H and O–H groups in total. The van der Waals surface area contributed by atoms with Crippen LogP contribution in [0.4, 0.5) is 0 Å². The Kier molecular flexibility index (Phi) is 3.76.